The average molecular weight is 198 g/mol. The van der Waals surface area contributed by atoms with Crippen molar-refractivity contribution < 1.29 is 18.9 Å². The predicted octanol–water partition coefficient (Wildman–Crippen LogP) is 0.957. The highest BCUT2D eigenvalue weighted by molar-refractivity contribution is 7.37. The first-order valence-electron chi connectivity index (χ1n) is 1.66. The molecule has 0 spiro atoms. The lowest BCUT2D eigenvalue weighted by Crippen LogP contribution is -1.35. The molecule has 0 saturated heterocycles. The van der Waals surface area contributed by atoms with Crippen LogP contribution in [0.4, 0.5) is 0 Å². The third kappa shape index (κ3) is 704. The molecule has 0 fully saturated rings. The molecule has 0 aliphatic rings. The summed E-state index contributed by atoms with van der Waals surface area (Å²) < 4.78 is 18.3. The Morgan fingerprint density at radius 2 is 1.00 bits per heavy atom. The Balaban J connectivity index is -0.0000000300. The van der Waals surface area contributed by atoms with E-state index in [4.69, 9.17) is 18.9 Å². The highest BCUT2D eigenvalue weighted by atomic mass is 31.1. The van der Waals surface area contributed by atoms with Crippen molar-refractivity contribution in [2.45, 2.75) is 7.43 Å². The lowest BCUT2D eigenvalue weighted by atomic mass is 12.0. The molecule has 0 heterocycles. The second-order valence-corrected chi connectivity index (χ2v) is 2.79. The Morgan fingerprint density at radius 1 is 1.00 bits per heavy atom. The maximum absolute atomic E-state index is 9.15. The lowest BCUT2D eigenvalue weighted by molar-refractivity contribution is 0.508. The predicted molar refractivity (Wildman–Crippen MR) is 44.0 cm³/mol. The topological polar surface area (TPSA) is 74.6 Å². The summed E-state index contributed by atoms with van der Waals surface area (Å²) in [7, 11) is -3.74. The van der Waals surface area contributed by atoms with E-state index >= 15 is 0 Å². The van der Waals surface area contributed by atoms with Crippen molar-refractivity contribution in [3.05, 3.63) is 0 Å². The van der Waals surface area contributed by atoms with E-state index in [2.05, 4.69) is 0 Å². The monoisotopic (exact) mass is 198 g/mol. The molecule has 0 aliphatic carbocycles. The van der Waals surface area contributed by atoms with E-state index in [9.17, 15) is 0 Å². The number of hydrogen-bond acceptors (Lipinski definition) is 2. The van der Waals surface area contributed by atoms with Crippen molar-refractivity contribution in [2.75, 3.05) is 13.3 Å². The van der Waals surface area contributed by atoms with Crippen LogP contribution in [0.15, 0.2) is 0 Å². The minimum Gasteiger partial charge on any atom is -0.161 e. The number of rotatable bonds is 0. The van der Waals surface area contributed by atoms with Gasteiger partial charge in [0, 0.05) is 23.1 Å². The van der Waals surface area contributed by atoms with Crippen molar-refractivity contribution in [1.29, 1.82) is 0 Å². The van der Waals surface area contributed by atoms with E-state index in [1.54, 1.807) is 0 Å². The standard InChI is InChI=1S/2CH3O2P.CH4.Mg/c2*1-4(2)3;;/h2*1H3;1H4;/p+2. The third-order valence-corrected chi connectivity index (χ3v) is 0. The van der Waals surface area contributed by atoms with Crippen LogP contribution < -0.4 is 0 Å². The molecule has 2 radical (unpaired) electrons. The van der Waals surface area contributed by atoms with Gasteiger partial charge in [0.15, 0.2) is 13.3 Å². The van der Waals surface area contributed by atoms with Gasteiger partial charge in [-0.05, 0) is 9.13 Å². The van der Waals surface area contributed by atoms with Gasteiger partial charge in [-0.15, -0.1) is 0 Å². The molecule has 0 aromatic rings. The van der Waals surface area contributed by atoms with Crippen molar-refractivity contribution in [2.24, 2.45) is 0 Å². The molecular weight excluding hydrogens is 186 g/mol. The molecule has 0 aromatic heterocycles. The van der Waals surface area contributed by atoms with Crippen molar-refractivity contribution in [1.82, 2.24) is 0 Å². The van der Waals surface area contributed by atoms with Crippen LogP contribution in [-0.4, -0.2) is 46.2 Å². The largest absolute Gasteiger partial charge is 0.502 e. The quantitative estimate of drug-likeness (QED) is 0.449. The highest BCUT2D eigenvalue weighted by Crippen LogP contribution is 2.00. The van der Waals surface area contributed by atoms with Crippen LogP contribution in [0, 0.1) is 0 Å². The van der Waals surface area contributed by atoms with Gasteiger partial charge in [-0.1, -0.05) is 7.43 Å². The van der Waals surface area contributed by atoms with Gasteiger partial charge in [0.2, 0.25) is 0 Å². The Morgan fingerprint density at radius 3 is 1.00 bits per heavy atom. The molecule has 0 aromatic carbocycles. The first kappa shape index (κ1) is 22.4. The summed E-state index contributed by atoms with van der Waals surface area (Å²) in [6.07, 6.45) is 0. The third-order valence-electron chi connectivity index (χ3n) is 0. The smallest absolute Gasteiger partial charge is 0.161 e. The summed E-state index contributed by atoms with van der Waals surface area (Å²) in [4.78, 5) is 15.1. The molecule has 4 nitrogen and oxygen atoms in total. The maximum atomic E-state index is 9.15. The Labute approximate surface area is 78.9 Å². The van der Waals surface area contributed by atoms with E-state index in [-0.39, 0.29) is 30.5 Å². The van der Waals surface area contributed by atoms with Crippen molar-refractivity contribution >= 4 is 39.1 Å². The molecule has 2 atom stereocenters. The van der Waals surface area contributed by atoms with Gasteiger partial charge in [-0.3, -0.25) is 0 Å². The normalized spacial score (nSPS) is 8.80. The Bertz CT molecular complexity index is 76.5. The summed E-state index contributed by atoms with van der Waals surface area (Å²) in [5.74, 6) is 0. The summed E-state index contributed by atoms with van der Waals surface area (Å²) >= 11 is 0. The van der Waals surface area contributed by atoms with E-state index in [1.807, 2.05) is 0 Å². The van der Waals surface area contributed by atoms with Gasteiger partial charge in [-0.25, -0.2) is 0 Å². The minimum absolute atomic E-state index is 0. The molecule has 0 amide bonds. The molecule has 7 heteroatoms. The van der Waals surface area contributed by atoms with E-state index in [1.165, 1.54) is 13.3 Å². The van der Waals surface area contributed by atoms with Gasteiger partial charge in [-0.2, -0.15) is 9.79 Å². The fourth-order valence-corrected chi connectivity index (χ4v) is 0. The first-order valence-corrected chi connectivity index (χ1v) is 4.98. The van der Waals surface area contributed by atoms with E-state index in [0.29, 0.717) is 0 Å². The van der Waals surface area contributed by atoms with E-state index in [0.717, 1.165) is 0 Å². The first-order chi connectivity index (χ1) is 3.46. The van der Waals surface area contributed by atoms with Gasteiger partial charge >= 0.3 is 16.1 Å². The SMILES string of the molecule is C.C[P+](=O)O.C[P+](=O)O.[Mg]. The van der Waals surface area contributed by atoms with E-state index < -0.39 is 16.1 Å². The number of hydrogen-bond donors (Lipinski definition) is 2. The average Bonchev–Trinajstić information content (AvgIpc) is 1.25. The lowest BCUT2D eigenvalue weighted by Gasteiger charge is -1.36. The van der Waals surface area contributed by atoms with Gasteiger partial charge in [0.25, 0.3) is 0 Å². The molecule has 2 N–H and O–H groups in total. The van der Waals surface area contributed by atoms with Gasteiger partial charge in [0.05, 0.1) is 0 Å². The second kappa shape index (κ2) is 16.5. The summed E-state index contributed by atoms with van der Waals surface area (Å²) in [6, 6.07) is 0. The zero-order valence-electron chi connectivity index (χ0n) is 5.31. The van der Waals surface area contributed by atoms with Crippen LogP contribution in [0.5, 0.6) is 0 Å². The highest BCUT2D eigenvalue weighted by Gasteiger charge is 1.86. The molecule has 0 rings (SSSR count). The van der Waals surface area contributed by atoms with Gasteiger partial charge < -0.3 is 0 Å². The van der Waals surface area contributed by atoms with Crippen LogP contribution in [0.1, 0.15) is 7.43 Å². The Kier molecular flexibility index (Phi) is 36.9. The summed E-state index contributed by atoms with van der Waals surface area (Å²) in [5, 5.41) is 0. The summed E-state index contributed by atoms with van der Waals surface area (Å²) in [6.45, 7) is 2.46. The fraction of sp³-hybridized carbons (Fsp3) is 1.00. The molecule has 58 valence electrons. The second-order valence-electron chi connectivity index (χ2n) is 0.928. The molecular formula is C3H12MgO4P2+2. The molecule has 10 heavy (non-hydrogen) atoms. The zero-order chi connectivity index (χ0) is 7.15. The van der Waals surface area contributed by atoms with Crippen LogP contribution in [-0.2, 0) is 9.13 Å². The molecule has 0 bridgehead atoms. The van der Waals surface area contributed by atoms with Gasteiger partial charge in [0.1, 0.15) is 0 Å². The summed E-state index contributed by atoms with van der Waals surface area (Å²) in [5.41, 5.74) is 0. The van der Waals surface area contributed by atoms with Crippen LogP contribution >= 0.6 is 16.1 Å². The molecule has 0 aliphatic heterocycles. The molecule has 0 saturated carbocycles. The maximum Gasteiger partial charge on any atom is 0.502 e. The van der Waals surface area contributed by atoms with Crippen LogP contribution in [0.3, 0.4) is 0 Å². The zero-order valence-corrected chi connectivity index (χ0v) is 8.52. The molecule has 2 unspecified atom stereocenters. The van der Waals surface area contributed by atoms with Crippen molar-refractivity contribution in [3.8, 4) is 0 Å². The van der Waals surface area contributed by atoms with Crippen molar-refractivity contribution in [3.63, 3.8) is 0 Å². The fourth-order valence-electron chi connectivity index (χ4n) is 0. The minimum atomic E-state index is -1.87. The van der Waals surface area contributed by atoms with Crippen LogP contribution in [0.2, 0.25) is 0 Å². The van der Waals surface area contributed by atoms with Crippen LogP contribution in [0.25, 0.3) is 0 Å². The Hall–Kier alpha value is 0.886.